The summed E-state index contributed by atoms with van der Waals surface area (Å²) in [7, 11) is 0. The van der Waals surface area contributed by atoms with Crippen molar-refractivity contribution in [2.45, 2.75) is 52.0 Å². The van der Waals surface area contributed by atoms with E-state index in [9.17, 15) is 4.79 Å². The van der Waals surface area contributed by atoms with E-state index >= 15 is 0 Å². The Labute approximate surface area is 173 Å². The number of ketones is 1. The maximum absolute atomic E-state index is 13.5. The SMILES string of the molecule is CC(C)c1c(C(=O)c2cccnc2)c2ccccc2n1CCCN1CCCCC1. The van der Waals surface area contributed by atoms with Crippen molar-refractivity contribution < 1.29 is 4.79 Å². The largest absolute Gasteiger partial charge is 0.344 e. The van der Waals surface area contributed by atoms with Crippen molar-refractivity contribution in [3.63, 3.8) is 0 Å². The van der Waals surface area contributed by atoms with Gasteiger partial charge in [0.25, 0.3) is 0 Å². The van der Waals surface area contributed by atoms with Gasteiger partial charge in [-0.3, -0.25) is 9.78 Å². The molecule has 2 aromatic heterocycles. The molecule has 4 heteroatoms. The number of carbonyl (C=O) groups is 1. The molecule has 0 bridgehead atoms. The van der Waals surface area contributed by atoms with Crippen LogP contribution in [0, 0.1) is 0 Å². The van der Waals surface area contributed by atoms with Gasteiger partial charge >= 0.3 is 0 Å². The quantitative estimate of drug-likeness (QED) is 0.517. The van der Waals surface area contributed by atoms with E-state index in [2.05, 4.69) is 46.5 Å². The minimum Gasteiger partial charge on any atom is -0.344 e. The number of carbonyl (C=O) groups excluding carboxylic acids is 1. The molecule has 4 nitrogen and oxygen atoms in total. The predicted molar refractivity (Wildman–Crippen MR) is 119 cm³/mol. The normalized spacial score (nSPS) is 15.3. The summed E-state index contributed by atoms with van der Waals surface area (Å²) >= 11 is 0. The monoisotopic (exact) mass is 389 g/mol. The first kappa shape index (κ1) is 19.8. The Morgan fingerprint density at radius 3 is 2.55 bits per heavy atom. The Balaban J connectivity index is 1.70. The summed E-state index contributed by atoms with van der Waals surface area (Å²) in [6.45, 7) is 8.92. The van der Waals surface area contributed by atoms with E-state index in [0.717, 1.165) is 36.2 Å². The first-order chi connectivity index (χ1) is 14.2. The fourth-order valence-corrected chi connectivity index (χ4v) is 4.68. The first-order valence-electron chi connectivity index (χ1n) is 10.9. The Kier molecular flexibility index (Phi) is 6.10. The maximum atomic E-state index is 13.5. The molecule has 0 unspecified atom stereocenters. The summed E-state index contributed by atoms with van der Waals surface area (Å²) < 4.78 is 2.40. The van der Waals surface area contributed by atoms with Crippen LogP contribution in [0.1, 0.15) is 67.1 Å². The number of piperidine rings is 1. The highest BCUT2D eigenvalue weighted by molar-refractivity contribution is 6.17. The highest BCUT2D eigenvalue weighted by atomic mass is 16.1. The second-order valence-electron chi connectivity index (χ2n) is 8.41. The highest BCUT2D eigenvalue weighted by Gasteiger charge is 2.25. The fraction of sp³-hybridized carbons (Fsp3) is 0.440. The van der Waals surface area contributed by atoms with Crippen molar-refractivity contribution in [3.8, 4) is 0 Å². The molecule has 1 aliphatic heterocycles. The van der Waals surface area contributed by atoms with Crippen LogP contribution >= 0.6 is 0 Å². The van der Waals surface area contributed by atoms with E-state index in [1.165, 1.54) is 37.9 Å². The molecule has 3 heterocycles. The van der Waals surface area contributed by atoms with Gasteiger partial charge in [0.15, 0.2) is 5.78 Å². The third kappa shape index (κ3) is 4.13. The number of hydrogen-bond acceptors (Lipinski definition) is 3. The van der Waals surface area contributed by atoms with Crippen LogP contribution < -0.4 is 0 Å². The molecular weight excluding hydrogens is 358 g/mol. The van der Waals surface area contributed by atoms with Gasteiger partial charge in [-0.25, -0.2) is 0 Å². The van der Waals surface area contributed by atoms with E-state index in [-0.39, 0.29) is 11.7 Å². The van der Waals surface area contributed by atoms with E-state index < -0.39 is 0 Å². The number of para-hydroxylation sites is 1. The Morgan fingerprint density at radius 2 is 1.83 bits per heavy atom. The van der Waals surface area contributed by atoms with Gasteiger partial charge in [-0.2, -0.15) is 0 Å². The number of fused-ring (bicyclic) bond motifs is 1. The minimum atomic E-state index is 0.0766. The fourth-order valence-electron chi connectivity index (χ4n) is 4.68. The van der Waals surface area contributed by atoms with Gasteiger partial charge in [-0.1, -0.05) is 38.5 Å². The molecule has 0 saturated carbocycles. The molecule has 4 rings (SSSR count). The van der Waals surface area contributed by atoms with Crippen molar-refractivity contribution in [1.82, 2.24) is 14.5 Å². The van der Waals surface area contributed by atoms with Crippen molar-refractivity contribution in [2.24, 2.45) is 0 Å². The maximum Gasteiger partial charge on any atom is 0.197 e. The highest BCUT2D eigenvalue weighted by Crippen LogP contribution is 2.33. The molecule has 3 aromatic rings. The number of nitrogens with zero attached hydrogens (tertiary/aromatic N) is 3. The number of hydrogen-bond donors (Lipinski definition) is 0. The van der Waals surface area contributed by atoms with E-state index in [0.29, 0.717) is 5.56 Å². The molecule has 1 fully saturated rings. The summed E-state index contributed by atoms with van der Waals surface area (Å²) in [6, 6.07) is 12.0. The Bertz CT molecular complexity index is 968. The zero-order valence-corrected chi connectivity index (χ0v) is 17.6. The molecule has 0 N–H and O–H groups in total. The lowest BCUT2D eigenvalue weighted by Crippen LogP contribution is -2.31. The zero-order chi connectivity index (χ0) is 20.2. The Morgan fingerprint density at radius 1 is 1.03 bits per heavy atom. The lowest BCUT2D eigenvalue weighted by atomic mass is 9.96. The van der Waals surface area contributed by atoms with Crippen LogP contribution in [0.2, 0.25) is 0 Å². The number of aryl methyl sites for hydroxylation is 1. The third-order valence-corrected chi connectivity index (χ3v) is 6.01. The molecule has 1 aromatic carbocycles. The van der Waals surface area contributed by atoms with Crippen LogP contribution in [0.3, 0.4) is 0 Å². The molecule has 0 aliphatic carbocycles. The minimum absolute atomic E-state index is 0.0766. The first-order valence-corrected chi connectivity index (χ1v) is 10.9. The molecule has 1 aliphatic rings. The van der Waals surface area contributed by atoms with Gasteiger partial charge in [-0.15, -0.1) is 0 Å². The van der Waals surface area contributed by atoms with E-state index in [4.69, 9.17) is 0 Å². The van der Waals surface area contributed by atoms with Crippen LogP contribution in [-0.2, 0) is 6.54 Å². The second-order valence-corrected chi connectivity index (χ2v) is 8.41. The van der Waals surface area contributed by atoms with Gasteiger partial charge < -0.3 is 9.47 Å². The molecule has 0 radical (unpaired) electrons. The molecule has 152 valence electrons. The van der Waals surface area contributed by atoms with Crippen molar-refractivity contribution in [2.75, 3.05) is 19.6 Å². The molecule has 1 saturated heterocycles. The average Bonchev–Trinajstić information content (AvgIpc) is 3.09. The summed E-state index contributed by atoms with van der Waals surface area (Å²) in [5.74, 6) is 0.348. The van der Waals surface area contributed by atoms with Crippen LogP contribution in [0.5, 0.6) is 0 Å². The molecular formula is C25H31N3O. The smallest absolute Gasteiger partial charge is 0.197 e. The van der Waals surface area contributed by atoms with Crippen LogP contribution in [0.25, 0.3) is 10.9 Å². The number of aromatic nitrogens is 2. The number of rotatable bonds is 7. The summed E-state index contributed by atoms with van der Waals surface area (Å²) in [6.07, 6.45) is 8.52. The molecule has 0 spiro atoms. The van der Waals surface area contributed by atoms with E-state index in [1.54, 1.807) is 12.4 Å². The van der Waals surface area contributed by atoms with Crippen LogP contribution in [-0.4, -0.2) is 39.9 Å². The molecule has 29 heavy (non-hydrogen) atoms. The Hall–Kier alpha value is -2.46. The molecule has 0 amide bonds. The number of likely N-dealkylation sites (tertiary alicyclic amines) is 1. The third-order valence-electron chi connectivity index (χ3n) is 6.01. The summed E-state index contributed by atoms with van der Waals surface area (Å²) in [5, 5.41) is 1.06. The van der Waals surface area contributed by atoms with Crippen LogP contribution in [0.4, 0.5) is 0 Å². The van der Waals surface area contributed by atoms with E-state index in [1.807, 2.05) is 18.2 Å². The second kappa shape index (κ2) is 8.91. The standard InChI is InChI=1S/C25H31N3O/c1-19(2)24-23(25(29)20-10-8-13-26-18-20)21-11-4-5-12-22(21)28(24)17-9-16-27-14-6-3-7-15-27/h4-5,8,10-13,18-19H,3,6-7,9,14-17H2,1-2H3. The predicted octanol–water partition coefficient (Wildman–Crippen LogP) is 5.27. The van der Waals surface area contributed by atoms with Crippen molar-refractivity contribution in [1.29, 1.82) is 0 Å². The van der Waals surface area contributed by atoms with Gasteiger partial charge in [0.2, 0.25) is 0 Å². The van der Waals surface area contributed by atoms with Crippen molar-refractivity contribution >= 4 is 16.7 Å². The molecule has 0 atom stereocenters. The average molecular weight is 390 g/mol. The lowest BCUT2D eigenvalue weighted by Gasteiger charge is -2.26. The van der Waals surface area contributed by atoms with Crippen LogP contribution in [0.15, 0.2) is 48.8 Å². The topological polar surface area (TPSA) is 38.1 Å². The summed E-state index contributed by atoms with van der Waals surface area (Å²) in [5.41, 5.74) is 3.83. The lowest BCUT2D eigenvalue weighted by molar-refractivity contribution is 0.103. The van der Waals surface area contributed by atoms with Gasteiger partial charge in [0, 0.05) is 41.1 Å². The van der Waals surface area contributed by atoms with Gasteiger partial charge in [0.05, 0.1) is 5.56 Å². The zero-order valence-electron chi connectivity index (χ0n) is 17.6. The summed E-state index contributed by atoms with van der Waals surface area (Å²) in [4.78, 5) is 20.2. The number of benzene rings is 1. The van der Waals surface area contributed by atoms with Gasteiger partial charge in [-0.05, 0) is 63.0 Å². The number of pyridine rings is 1. The van der Waals surface area contributed by atoms with Gasteiger partial charge in [0.1, 0.15) is 0 Å². The van der Waals surface area contributed by atoms with Crippen molar-refractivity contribution in [3.05, 3.63) is 65.6 Å².